The van der Waals surface area contributed by atoms with Crippen molar-refractivity contribution in [2.45, 2.75) is 10.8 Å². The molecule has 20 heavy (non-hydrogen) atoms. The monoisotopic (exact) mass is 394 g/mol. The van der Waals surface area contributed by atoms with E-state index in [4.69, 9.17) is 17.3 Å². The third-order valence-electron chi connectivity index (χ3n) is 2.64. The molecule has 108 valence electrons. The number of nitrogens with two attached hydrogens (primary N) is 1. The Morgan fingerprint density at radius 1 is 1.40 bits per heavy atom. The zero-order chi connectivity index (χ0) is 14.9. The lowest BCUT2D eigenvalue weighted by Crippen LogP contribution is -2.25. The summed E-state index contributed by atoms with van der Waals surface area (Å²) in [4.78, 5) is 0. The van der Waals surface area contributed by atoms with Gasteiger partial charge >= 0.3 is 0 Å². The lowest BCUT2D eigenvalue weighted by Gasteiger charge is -2.16. The zero-order valence-electron chi connectivity index (χ0n) is 10.5. The number of hydrogen-bond acceptors (Lipinski definition) is 4. The lowest BCUT2D eigenvalue weighted by molar-refractivity contribution is 0.468. The normalized spacial score (nSPS) is 12.0. The molecule has 0 unspecified atom stereocenters. The first-order valence-corrected chi connectivity index (χ1v) is 8.99. The largest absolute Gasteiger partial charge is 0.399 e. The van der Waals surface area contributed by atoms with E-state index in [0.717, 1.165) is 16.9 Å². The maximum absolute atomic E-state index is 12.4. The molecule has 0 aliphatic heterocycles. The number of sulfonamides is 1. The van der Waals surface area contributed by atoms with Crippen molar-refractivity contribution in [3.05, 3.63) is 44.7 Å². The van der Waals surface area contributed by atoms with Crippen LogP contribution in [0, 0.1) is 0 Å². The van der Waals surface area contributed by atoms with Crippen molar-refractivity contribution < 1.29 is 8.42 Å². The van der Waals surface area contributed by atoms with E-state index in [2.05, 4.69) is 15.9 Å². The van der Waals surface area contributed by atoms with Crippen LogP contribution in [0.15, 0.2) is 38.3 Å². The predicted octanol–water partition coefficient (Wildman–Crippen LogP) is 3.57. The highest BCUT2D eigenvalue weighted by atomic mass is 79.9. The quantitative estimate of drug-likeness (QED) is 0.805. The zero-order valence-corrected chi connectivity index (χ0v) is 14.5. The second kappa shape index (κ2) is 6.03. The van der Waals surface area contributed by atoms with Gasteiger partial charge in [0.25, 0.3) is 10.0 Å². The van der Waals surface area contributed by atoms with E-state index < -0.39 is 10.0 Å². The van der Waals surface area contributed by atoms with E-state index in [0.29, 0.717) is 14.5 Å². The van der Waals surface area contributed by atoms with Gasteiger partial charge in [0.15, 0.2) is 0 Å². The van der Waals surface area contributed by atoms with E-state index >= 15 is 0 Å². The molecular formula is C12H12BrClN2O2S2. The van der Waals surface area contributed by atoms with Gasteiger partial charge in [0, 0.05) is 19.3 Å². The van der Waals surface area contributed by atoms with E-state index in [1.165, 1.54) is 17.4 Å². The third kappa shape index (κ3) is 3.35. The summed E-state index contributed by atoms with van der Waals surface area (Å²) >= 11 is 10.2. The molecule has 8 heteroatoms. The summed E-state index contributed by atoms with van der Waals surface area (Å²) in [6.45, 7) is 0.251. The molecule has 4 nitrogen and oxygen atoms in total. The van der Waals surface area contributed by atoms with Crippen molar-refractivity contribution in [3.63, 3.8) is 0 Å². The lowest BCUT2D eigenvalue weighted by atomic mass is 10.2. The molecule has 1 heterocycles. The summed E-state index contributed by atoms with van der Waals surface area (Å²) in [7, 11) is -2.03. The predicted molar refractivity (Wildman–Crippen MR) is 86.5 cm³/mol. The highest BCUT2D eigenvalue weighted by Crippen LogP contribution is 2.35. The minimum Gasteiger partial charge on any atom is -0.399 e. The Bertz CT molecular complexity index is 711. The van der Waals surface area contributed by atoms with Gasteiger partial charge in [0.05, 0.1) is 8.81 Å². The van der Waals surface area contributed by atoms with Crippen molar-refractivity contribution in [2.75, 3.05) is 12.8 Å². The first-order chi connectivity index (χ1) is 9.30. The summed E-state index contributed by atoms with van der Waals surface area (Å²) in [5.74, 6) is 0. The van der Waals surface area contributed by atoms with Crippen LogP contribution in [0.3, 0.4) is 0 Å². The van der Waals surface area contributed by atoms with Gasteiger partial charge in [-0.3, -0.25) is 0 Å². The average Bonchev–Trinajstić information content (AvgIpc) is 2.70. The van der Waals surface area contributed by atoms with Crippen LogP contribution in [-0.2, 0) is 16.6 Å². The van der Waals surface area contributed by atoms with Gasteiger partial charge in [0.2, 0.25) is 0 Å². The van der Waals surface area contributed by atoms with Crippen molar-refractivity contribution in [1.82, 2.24) is 4.31 Å². The standard InChI is InChI=1S/C12H12BrClN2O2S2/c1-16(7-8-3-2-4-9(15)5-8)20(17,18)11-6-10(14)12(13)19-11/h2-6H,7,15H2,1H3. The van der Waals surface area contributed by atoms with Crippen molar-refractivity contribution in [3.8, 4) is 0 Å². The molecule has 2 aromatic rings. The van der Waals surface area contributed by atoms with Crippen LogP contribution in [0.4, 0.5) is 5.69 Å². The Labute approximate surface area is 135 Å². The van der Waals surface area contributed by atoms with Crippen LogP contribution < -0.4 is 5.73 Å². The Hall–Kier alpha value is -0.600. The molecule has 0 bridgehead atoms. The number of rotatable bonds is 4. The first kappa shape index (κ1) is 15.8. The Morgan fingerprint density at radius 3 is 2.65 bits per heavy atom. The summed E-state index contributed by atoms with van der Waals surface area (Å²) < 4.78 is 26.9. The van der Waals surface area contributed by atoms with E-state index in [9.17, 15) is 8.42 Å². The molecule has 1 aromatic heterocycles. The number of nitrogens with zero attached hydrogens (tertiary/aromatic N) is 1. The molecule has 0 amide bonds. The maximum atomic E-state index is 12.4. The summed E-state index contributed by atoms with van der Waals surface area (Å²) in [6.07, 6.45) is 0. The molecular weight excluding hydrogens is 384 g/mol. The van der Waals surface area contributed by atoms with Gasteiger partial charge in [-0.15, -0.1) is 11.3 Å². The fourth-order valence-corrected chi connectivity index (χ4v) is 5.41. The van der Waals surface area contributed by atoms with Gasteiger partial charge in [-0.2, -0.15) is 4.31 Å². The summed E-state index contributed by atoms with van der Waals surface area (Å²) in [6, 6.07) is 8.59. The molecule has 0 atom stereocenters. The van der Waals surface area contributed by atoms with E-state index in [-0.39, 0.29) is 10.8 Å². The summed E-state index contributed by atoms with van der Waals surface area (Å²) in [5, 5.41) is 0.394. The number of anilines is 1. The minimum absolute atomic E-state index is 0.209. The van der Waals surface area contributed by atoms with Crippen LogP contribution in [0.5, 0.6) is 0 Å². The number of thiophene rings is 1. The van der Waals surface area contributed by atoms with Gasteiger partial charge in [0.1, 0.15) is 4.21 Å². The molecule has 0 aliphatic carbocycles. The molecule has 0 spiro atoms. The Morgan fingerprint density at radius 2 is 2.10 bits per heavy atom. The molecule has 0 aliphatic rings. The molecule has 0 saturated heterocycles. The van der Waals surface area contributed by atoms with Gasteiger partial charge in [-0.25, -0.2) is 8.42 Å². The number of hydrogen-bond donors (Lipinski definition) is 1. The Balaban J connectivity index is 2.25. The van der Waals surface area contributed by atoms with Gasteiger partial charge < -0.3 is 5.73 Å². The van der Waals surface area contributed by atoms with Crippen molar-refractivity contribution in [1.29, 1.82) is 0 Å². The number of nitrogen functional groups attached to an aromatic ring is 1. The molecule has 0 radical (unpaired) electrons. The minimum atomic E-state index is -3.56. The van der Waals surface area contributed by atoms with Crippen LogP contribution in [0.2, 0.25) is 5.02 Å². The van der Waals surface area contributed by atoms with Crippen LogP contribution in [0.25, 0.3) is 0 Å². The van der Waals surface area contributed by atoms with Crippen molar-refractivity contribution >= 4 is 54.6 Å². The maximum Gasteiger partial charge on any atom is 0.252 e. The smallest absolute Gasteiger partial charge is 0.252 e. The second-order valence-corrected chi connectivity index (χ2v) is 9.24. The average molecular weight is 396 g/mol. The number of benzene rings is 1. The number of halogens is 2. The molecule has 2 N–H and O–H groups in total. The molecule has 2 rings (SSSR count). The first-order valence-electron chi connectivity index (χ1n) is 5.56. The van der Waals surface area contributed by atoms with Gasteiger partial charge in [-0.05, 0) is 39.7 Å². The molecule has 1 aromatic carbocycles. The SMILES string of the molecule is CN(Cc1cccc(N)c1)S(=O)(=O)c1cc(Cl)c(Br)s1. The molecule has 0 saturated carbocycles. The Kier molecular flexibility index (Phi) is 4.76. The van der Waals surface area contributed by atoms with Crippen LogP contribution >= 0.6 is 38.9 Å². The highest BCUT2D eigenvalue weighted by Gasteiger charge is 2.24. The highest BCUT2D eigenvalue weighted by molar-refractivity contribution is 9.11. The van der Waals surface area contributed by atoms with Crippen LogP contribution in [-0.4, -0.2) is 19.8 Å². The topological polar surface area (TPSA) is 63.4 Å². The van der Waals surface area contributed by atoms with E-state index in [1.807, 2.05) is 6.07 Å². The van der Waals surface area contributed by atoms with Gasteiger partial charge in [-0.1, -0.05) is 23.7 Å². The third-order valence-corrected chi connectivity index (χ3v) is 7.37. The summed E-state index contributed by atoms with van der Waals surface area (Å²) in [5.41, 5.74) is 7.13. The fourth-order valence-electron chi connectivity index (χ4n) is 1.64. The fraction of sp³-hybridized carbons (Fsp3) is 0.167. The van der Waals surface area contributed by atoms with Crippen molar-refractivity contribution in [2.24, 2.45) is 0 Å². The molecule has 0 fully saturated rings. The van der Waals surface area contributed by atoms with Crippen LogP contribution in [0.1, 0.15) is 5.56 Å². The second-order valence-electron chi connectivity index (χ2n) is 4.19. The van der Waals surface area contributed by atoms with E-state index in [1.54, 1.807) is 18.2 Å².